The van der Waals surface area contributed by atoms with Crippen LogP contribution in [-0.2, 0) is 16.1 Å². The van der Waals surface area contributed by atoms with E-state index in [4.69, 9.17) is 0 Å². The highest BCUT2D eigenvalue weighted by Gasteiger charge is 2.42. The van der Waals surface area contributed by atoms with Crippen molar-refractivity contribution in [2.75, 3.05) is 0 Å². The van der Waals surface area contributed by atoms with Gasteiger partial charge in [0.2, 0.25) is 5.91 Å². The highest BCUT2D eigenvalue weighted by Crippen LogP contribution is 2.34. The number of aryl methyl sites for hydroxylation is 1. The van der Waals surface area contributed by atoms with Crippen molar-refractivity contribution in [3.05, 3.63) is 34.6 Å². The number of carbonyl (C=O) groups excluding carboxylic acids is 2. The molecule has 1 amide bonds. The van der Waals surface area contributed by atoms with Crippen LogP contribution in [0.15, 0.2) is 29.1 Å². The fourth-order valence-electron chi connectivity index (χ4n) is 3.88. The van der Waals surface area contributed by atoms with Crippen LogP contribution in [0.5, 0.6) is 0 Å². The first kappa shape index (κ1) is 15.0. The Bertz CT molecular complexity index is 860. The fourth-order valence-corrected chi connectivity index (χ4v) is 3.88. The van der Waals surface area contributed by atoms with E-state index >= 15 is 0 Å². The summed E-state index contributed by atoms with van der Waals surface area (Å²) in [5, 5.41) is 8.45. The van der Waals surface area contributed by atoms with Gasteiger partial charge in [-0.1, -0.05) is 17.3 Å². The number of amides is 1. The molecule has 2 saturated heterocycles. The molecule has 0 unspecified atom stereocenters. The molecule has 24 heavy (non-hydrogen) atoms. The summed E-state index contributed by atoms with van der Waals surface area (Å²) < 4.78 is 1.25. The number of carbonyl (C=O) groups is 2. The van der Waals surface area contributed by atoms with E-state index in [1.165, 1.54) is 4.68 Å². The maximum atomic E-state index is 12.6. The largest absolute Gasteiger partial charge is 0.336 e. The normalized spacial score (nSPS) is 23.0. The molecule has 3 heterocycles. The van der Waals surface area contributed by atoms with Crippen molar-refractivity contribution in [1.82, 2.24) is 19.9 Å². The van der Waals surface area contributed by atoms with E-state index < -0.39 is 0 Å². The van der Waals surface area contributed by atoms with Gasteiger partial charge < -0.3 is 4.90 Å². The number of hydrogen-bond donors (Lipinski definition) is 0. The predicted molar refractivity (Wildman–Crippen MR) is 86.3 cm³/mol. The highest BCUT2D eigenvalue weighted by molar-refractivity contribution is 5.85. The third-order valence-corrected chi connectivity index (χ3v) is 5.00. The highest BCUT2D eigenvalue weighted by atomic mass is 16.2. The molecule has 0 N–H and O–H groups in total. The summed E-state index contributed by atoms with van der Waals surface area (Å²) in [5.74, 6) is 0.250. The second-order valence-corrected chi connectivity index (χ2v) is 6.52. The Morgan fingerprint density at radius 3 is 2.58 bits per heavy atom. The smallest absolute Gasteiger partial charge is 0.277 e. The first-order valence-electron chi connectivity index (χ1n) is 8.29. The molecule has 2 bridgehead atoms. The van der Waals surface area contributed by atoms with E-state index in [1.54, 1.807) is 24.3 Å². The van der Waals surface area contributed by atoms with Crippen LogP contribution < -0.4 is 5.56 Å². The number of fused-ring (bicyclic) bond motifs is 3. The third kappa shape index (κ3) is 2.50. The Labute approximate surface area is 138 Å². The van der Waals surface area contributed by atoms with Crippen molar-refractivity contribution in [2.24, 2.45) is 0 Å². The Hall–Kier alpha value is -2.57. The SMILES string of the molecule is O=C1C[C@H]2CC[C@@H](C1)N2C(=O)CCn1nnc2ccccc2c1=O. The van der Waals surface area contributed by atoms with Crippen LogP contribution in [-0.4, -0.2) is 43.7 Å². The molecule has 4 rings (SSSR count). The minimum atomic E-state index is -0.231. The molecule has 7 nitrogen and oxygen atoms in total. The Morgan fingerprint density at radius 1 is 1.12 bits per heavy atom. The summed E-state index contributed by atoms with van der Waals surface area (Å²) in [7, 11) is 0. The summed E-state index contributed by atoms with van der Waals surface area (Å²) >= 11 is 0. The summed E-state index contributed by atoms with van der Waals surface area (Å²) in [6.45, 7) is 0.208. The van der Waals surface area contributed by atoms with Crippen LogP contribution in [0.1, 0.15) is 32.1 Å². The van der Waals surface area contributed by atoms with Gasteiger partial charge in [0.25, 0.3) is 5.56 Å². The van der Waals surface area contributed by atoms with Gasteiger partial charge in [-0.25, -0.2) is 4.68 Å². The van der Waals surface area contributed by atoms with Crippen molar-refractivity contribution in [3.63, 3.8) is 0 Å². The van der Waals surface area contributed by atoms with Crippen molar-refractivity contribution >= 4 is 22.6 Å². The van der Waals surface area contributed by atoms with Crippen molar-refractivity contribution < 1.29 is 9.59 Å². The molecule has 7 heteroatoms. The number of hydrogen-bond acceptors (Lipinski definition) is 5. The Morgan fingerprint density at radius 2 is 1.83 bits per heavy atom. The zero-order valence-electron chi connectivity index (χ0n) is 13.2. The maximum Gasteiger partial charge on any atom is 0.277 e. The molecule has 0 saturated carbocycles. The van der Waals surface area contributed by atoms with Crippen LogP contribution in [0.25, 0.3) is 10.9 Å². The van der Waals surface area contributed by atoms with Crippen LogP contribution >= 0.6 is 0 Å². The van der Waals surface area contributed by atoms with Gasteiger partial charge in [0, 0.05) is 31.3 Å². The van der Waals surface area contributed by atoms with Gasteiger partial charge in [-0.3, -0.25) is 14.4 Å². The maximum absolute atomic E-state index is 12.6. The molecule has 1 aromatic heterocycles. The average molecular weight is 326 g/mol. The molecular formula is C17H18N4O3. The molecule has 2 atom stereocenters. The second kappa shape index (κ2) is 5.81. The van der Waals surface area contributed by atoms with E-state index in [-0.39, 0.29) is 42.3 Å². The molecule has 2 aromatic rings. The van der Waals surface area contributed by atoms with E-state index in [1.807, 2.05) is 4.90 Å². The van der Waals surface area contributed by atoms with Gasteiger partial charge in [-0.15, -0.1) is 5.10 Å². The summed E-state index contributed by atoms with van der Waals surface area (Å²) in [5.41, 5.74) is 0.322. The number of rotatable bonds is 3. The lowest BCUT2D eigenvalue weighted by Crippen LogP contribution is -2.47. The zero-order valence-corrected chi connectivity index (χ0v) is 13.2. The van der Waals surface area contributed by atoms with Crippen molar-refractivity contribution in [2.45, 2.75) is 50.7 Å². The van der Waals surface area contributed by atoms with Crippen molar-refractivity contribution in [3.8, 4) is 0 Å². The average Bonchev–Trinajstić information content (AvgIpc) is 2.86. The van der Waals surface area contributed by atoms with Gasteiger partial charge >= 0.3 is 0 Å². The lowest BCUT2D eigenvalue weighted by molar-refractivity contribution is -0.139. The number of ketones is 1. The number of benzene rings is 1. The minimum Gasteiger partial charge on any atom is -0.336 e. The van der Waals surface area contributed by atoms with Crippen LogP contribution in [0.2, 0.25) is 0 Å². The molecule has 2 fully saturated rings. The van der Waals surface area contributed by atoms with Gasteiger partial charge in [-0.2, -0.15) is 0 Å². The van der Waals surface area contributed by atoms with E-state index in [2.05, 4.69) is 10.3 Å². The number of nitrogens with zero attached hydrogens (tertiary/aromatic N) is 4. The molecule has 2 aliphatic rings. The fraction of sp³-hybridized carbons (Fsp3) is 0.471. The number of aromatic nitrogens is 3. The number of Topliss-reactive ketones (excluding diaryl/α,β-unsaturated/α-hetero) is 1. The lowest BCUT2D eigenvalue weighted by Gasteiger charge is -2.34. The zero-order chi connectivity index (χ0) is 16.7. The monoisotopic (exact) mass is 326 g/mol. The van der Waals surface area contributed by atoms with E-state index in [9.17, 15) is 14.4 Å². The Kier molecular flexibility index (Phi) is 3.63. The van der Waals surface area contributed by atoms with E-state index in [0.29, 0.717) is 23.7 Å². The third-order valence-electron chi connectivity index (χ3n) is 5.00. The molecule has 1 aromatic carbocycles. The first-order valence-corrected chi connectivity index (χ1v) is 8.29. The van der Waals surface area contributed by atoms with Crippen LogP contribution in [0.3, 0.4) is 0 Å². The summed E-state index contributed by atoms with van der Waals surface area (Å²) in [4.78, 5) is 38.5. The van der Waals surface area contributed by atoms with Gasteiger partial charge in [0.05, 0.1) is 11.9 Å². The lowest BCUT2D eigenvalue weighted by atomic mass is 10.0. The molecule has 0 aliphatic carbocycles. The number of piperidine rings is 1. The van der Waals surface area contributed by atoms with Gasteiger partial charge in [-0.05, 0) is 25.0 Å². The molecule has 0 radical (unpaired) electrons. The van der Waals surface area contributed by atoms with Crippen molar-refractivity contribution in [1.29, 1.82) is 0 Å². The van der Waals surface area contributed by atoms with Gasteiger partial charge in [0.15, 0.2) is 0 Å². The topological polar surface area (TPSA) is 85.2 Å². The standard InChI is InChI=1S/C17H18N4O3/c22-13-9-11-5-6-12(10-13)21(11)16(23)7-8-20-17(24)14-3-1-2-4-15(14)18-19-20/h1-4,11-12H,5-10H2/t11-,12+. The molecule has 2 aliphatic heterocycles. The molecule has 124 valence electrons. The van der Waals surface area contributed by atoms with Crippen LogP contribution in [0, 0.1) is 0 Å². The van der Waals surface area contributed by atoms with Gasteiger partial charge in [0.1, 0.15) is 11.3 Å². The Balaban J connectivity index is 1.49. The quantitative estimate of drug-likeness (QED) is 0.837. The molecular weight excluding hydrogens is 308 g/mol. The predicted octanol–water partition coefficient (Wildman–Crippen LogP) is 0.904. The summed E-state index contributed by atoms with van der Waals surface area (Å²) in [6, 6.07) is 7.12. The first-order chi connectivity index (χ1) is 11.6. The van der Waals surface area contributed by atoms with Crippen LogP contribution in [0.4, 0.5) is 0 Å². The second-order valence-electron chi connectivity index (χ2n) is 6.52. The summed E-state index contributed by atoms with van der Waals surface area (Å²) in [6.07, 6.45) is 2.94. The minimum absolute atomic E-state index is 0.00291. The molecule has 0 spiro atoms. The van der Waals surface area contributed by atoms with E-state index in [0.717, 1.165) is 12.8 Å².